The zero-order valence-corrected chi connectivity index (χ0v) is 9.75. The maximum atomic E-state index is 12.2. The third-order valence-electron chi connectivity index (χ3n) is 2.30. The van der Waals surface area contributed by atoms with E-state index < -0.39 is 25.4 Å². The van der Waals surface area contributed by atoms with Gasteiger partial charge in [-0.25, -0.2) is 0 Å². The molecule has 1 atom stereocenters. The highest BCUT2D eigenvalue weighted by Gasteiger charge is 2.29. The molecular formula is C11H13F5N2O. The highest BCUT2D eigenvalue weighted by Crippen LogP contribution is 2.26. The van der Waals surface area contributed by atoms with Crippen LogP contribution in [0.1, 0.15) is 11.6 Å². The van der Waals surface area contributed by atoms with Crippen LogP contribution in [0.15, 0.2) is 24.3 Å². The molecule has 3 N–H and O–H groups in total. The predicted molar refractivity (Wildman–Crippen MR) is 58.9 cm³/mol. The summed E-state index contributed by atoms with van der Waals surface area (Å²) in [5.41, 5.74) is 5.52. The van der Waals surface area contributed by atoms with Crippen molar-refractivity contribution in [3.05, 3.63) is 29.8 Å². The van der Waals surface area contributed by atoms with Crippen molar-refractivity contribution in [3.8, 4) is 5.75 Å². The molecule has 0 amide bonds. The summed E-state index contributed by atoms with van der Waals surface area (Å²) in [6, 6.07) is 4.67. The Balaban J connectivity index is 2.85. The zero-order chi connectivity index (χ0) is 14.5. The van der Waals surface area contributed by atoms with Crippen molar-refractivity contribution in [1.29, 1.82) is 0 Å². The van der Waals surface area contributed by atoms with Crippen molar-refractivity contribution in [3.63, 3.8) is 0 Å². The Morgan fingerprint density at radius 1 is 1.21 bits per heavy atom. The Morgan fingerprint density at radius 3 is 2.37 bits per heavy atom. The topological polar surface area (TPSA) is 47.3 Å². The van der Waals surface area contributed by atoms with E-state index in [1.165, 1.54) is 24.3 Å². The van der Waals surface area contributed by atoms with E-state index >= 15 is 0 Å². The molecule has 0 heterocycles. The first-order valence-electron chi connectivity index (χ1n) is 5.37. The lowest BCUT2D eigenvalue weighted by atomic mass is 10.1. The average Bonchev–Trinajstić information content (AvgIpc) is 2.29. The van der Waals surface area contributed by atoms with E-state index in [-0.39, 0.29) is 17.9 Å². The van der Waals surface area contributed by atoms with Crippen LogP contribution < -0.4 is 15.8 Å². The number of para-hydroxylation sites is 1. The van der Waals surface area contributed by atoms with Gasteiger partial charge in [-0.1, -0.05) is 18.2 Å². The summed E-state index contributed by atoms with van der Waals surface area (Å²) in [7, 11) is 0. The van der Waals surface area contributed by atoms with Crippen LogP contribution in [-0.2, 0) is 0 Å². The summed E-state index contributed by atoms with van der Waals surface area (Å²) in [5.74, 6) is -0.192. The Labute approximate surface area is 106 Å². The second kappa shape index (κ2) is 6.67. The number of hydrogen-bond donors (Lipinski definition) is 2. The quantitative estimate of drug-likeness (QED) is 0.789. The van der Waals surface area contributed by atoms with E-state index in [4.69, 9.17) is 5.73 Å². The number of ether oxygens (including phenoxy) is 1. The number of nitrogens with one attached hydrogen (secondary N) is 1. The summed E-state index contributed by atoms with van der Waals surface area (Å²) in [6.45, 7) is -4.50. The molecule has 108 valence electrons. The molecule has 1 rings (SSSR count). The zero-order valence-electron chi connectivity index (χ0n) is 9.75. The van der Waals surface area contributed by atoms with Crippen molar-refractivity contribution < 1.29 is 26.7 Å². The SMILES string of the molecule is NCC(NCC(F)(F)F)c1ccccc1OC(F)F. The molecule has 8 heteroatoms. The van der Waals surface area contributed by atoms with Crippen molar-refractivity contribution in [2.75, 3.05) is 13.1 Å². The molecule has 0 aromatic heterocycles. The Morgan fingerprint density at radius 2 is 1.84 bits per heavy atom. The molecule has 0 aliphatic rings. The monoisotopic (exact) mass is 284 g/mol. The maximum absolute atomic E-state index is 12.2. The number of hydrogen-bond acceptors (Lipinski definition) is 3. The van der Waals surface area contributed by atoms with Gasteiger partial charge >= 0.3 is 12.8 Å². The smallest absolute Gasteiger partial charge is 0.401 e. The second-order valence-corrected chi connectivity index (χ2v) is 3.70. The van der Waals surface area contributed by atoms with Crippen molar-refractivity contribution in [2.45, 2.75) is 18.8 Å². The fourth-order valence-electron chi connectivity index (χ4n) is 1.53. The van der Waals surface area contributed by atoms with E-state index in [2.05, 4.69) is 10.1 Å². The first-order chi connectivity index (χ1) is 8.83. The standard InChI is InChI=1S/C11H13F5N2O/c12-10(13)19-9-4-2-1-3-7(9)8(5-17)18-6-11(14,15)16/h1-4,8,10,18H,5-6,17H2. The molecule has 0 saturated heterocycles. The molecule has 0 saturated carbocycles. The molecule has 19 heavy (non-hydrogen) atoms. The molecule has 1 aromatic rings. The summed E-state index contributed by atoms with van der Waals surface area (Å²) in [4.78, 5) is 0. The van der Waals surface area contributed by atoms with Crippen LogP contribution in [0.5, 0.6) is 5.75 Å². The van der Waals surface area contributed by atoms with Gasteiger partial charge < -0.3 is 15.8 Å². The minimum absolute atomic E-state index is 0.162. The molecule has 0 spiro atoms. The fourth-order valence-corrected chi connectivity index (χ4v) is 1.53. The van der Waals surface area contributed by atoms with Gasteiger partial charge in [0.25, 0.3) is 0 Å². The Kier molecular flexibility index (Phi) is 5.49. The van der Waals surface area contributed by atoms with Gasteiger partial charge in [0.05, 0.1) is 6.54 Å². The van der Waals surface area contributed by atoms with Gasteiger partial charge in [-0.15, -0.1) is 0 Å². The van der Waals surface area contributed by atoms with E-state index in [1.807, 2.05) is 0 Å². The minimum atomic E-state index is -4.41. The molecule has 0 bridgehead atoms. The van der Waals surface area contributed by atoms with Gasteiger partial charge in [0.1, 0.15) is 5.75 Å². The van der Waals surface area contributed by atoms with Gasteiger partial charge in [-0.3, -0.25) is 0 Å². The van der Waals surface area contributed by atoms with Crippen LogP contribution in [0.4, 0.5) is 22.0 Å². The van der Waals surface area contributed by atoms with Gasteiger partial charge in [0.15, 0.2) is 0 Å². The summed E-state index contributed by atoms with van der Waals surface area (Å²) < 4.78 is 65.0. The molecule has 0 aliphatic heterocycles. The van der Waals surface area contributed by atoms with Crippen molar-refractivity contribution in [2.24, 2.45) is 5.73 Å². The normalized spacial score (nSPS) is 13.6. The van der Waals surface area contributed by atoms with Crippen LogP contribution in [0, 0.1) is 0 Å². The first kappa shape index (κ1) is 15.6. The number of nitrogens with two attached hydrogens (primary N) is 1. The van der Waals surface area contributed by atoms with E-state index in [1.54, 1.807) is 0 Å². The molecule has 1 aromatic carbocycles. The third-order valence-corrected chi connectivity index (χ3v) is 2.30. The lowest BCUT2D eigenvalue weighted by Gasteiger charge is -2.21. The van der Waals surface area contributed by atoms with Crippen LogP contribution >= 0.6 is 0 Å². The lowest BCUT2D eigenvalue weighted by molar-refractivity contribution is -0.126. The molecule has 3 nitrogen and oxygen atoms in total. The number of benzene rings is 1. The largest absolute Gasteiger partial charge is 0.434 e. The highest BCUT2D eigenvalue weighted by atomic mass is 19.4. The van der Waals surface area contributed by atoms with Gasteiger partial charge in [0.2, 0.25) is 0 Å². The molecule has 0 radical (unpaired) electrons. The Hall–Kier alpha value is -1.41. The first-order valence-corrected chi connectivity index (χ1v) is 5.37. The number of alkyl halides is 5. The van der Waals surface area contributed by atoms with Crippen LogP contribution in [-0.4, -0.2) is 25.9 Å². The van der Waals surface area contributed by atoms with Gasteiger partial charge in [0, 0.05) is 18.2 Å². The molecule has 0 fully saturated rings. The van der Waals surface area contributed by atoms with E-state index in [0.717, 1.165) is 0 Å². The minimum Gasteiger partial charge on any atom is -0.434 e. The third kappa shape index (κ3) is 5.39. The van der Waals surface area contributed by atoms with Gasteiger partial charge in [-0.2, -0.15) is 22.0 Å². The number of halogens is 5. The van der Waals surface area contributed by atoms with Crippen LogP contribution in [0.3, 0.4) is 0 Å². The molecular weight excluding hydrogens is 271 g/mol. The fraction of sp³-hybridized carbons (Fsp3) is 0.455. The summed E-state index contributed by atoms with van der Waals surface area (Å²) in [6.07, 6.45) is -4.41. The summed E-state index contributed by atoms with van der Waals surface area (Å²) in [5, 5.41) is 2.16. The average molecular weight is 284 g/mol. The number of rotatable bonds is 6. The lowest BCUT2D eigenvalue weighted by Crippen LogP contribution is -2.36. The van der Waals surface area contributed by atoms with Crippen LogP contribution in [0.2, 0.25) is 0 Å². The molecule has 0 aliphatic carbocycles. The summed E-state index contributed by atoms with van der Waals surface area (Å²) >= 11 is 0. The van der Waals surface area contributed by atoms with Crippen LogP contribution in [0.25, 0.3) is 0 Å². The second-order valence-electron chi connectivity index (χ2n) is 3.70. The van der Waals surface area contributed by atoms with Crippen molar-refractivity contribution >= 4 is 0 Å². The van der Waals surface area contributed by atoms with Crippen molar-refractivity contribution in [1.82, 2.24) is 5.32 Å². The van der Waals surface area contributed by atoms with Gasteiger partial charge in [-0.05, 0) is 6.07 Å². The molecule has 1 unspecified atom stereocenters. The maximum Gasteiger partial charge on any atom is 0.401 e. The Bertz CT molecular complexity index is 397. The van der Waals surface area contributed by atoms with E-state index in [9.17, 15) is 22.0 Å². The predicted octanol–water partition coefficient (Wildman–Crippen LogP) is 2.44. The highest BCUT2D eigenvalue weighted by molar-refractivity contribution is 5.36. The van der Waals surface area contributed by atoms with E-state index in [0.29, 0.717) is 0 Å².